The van der Waals surface area contributed by atoms with Crippen LogP contribution < -0.4 is 0 Å². The molecular formula is C20H25F6N3O5. The van der Waals surface area contributed by atoms with Crippen LogP contribution in [0.3, 0.4) is 0 Å². The number of hydrogen-bond acceptors (Lipinski definition) is 5. The summed E-state index contributed by atoms with van der Waals surface area (Å²) in [5, 5.41) is 14.2. The molecule has 0 atom stereocenters. The van der Waals surface area contributed by atoms with E-state index in [4.69, 9.17) is 19.8 Å². The van der Waals surface area contributed by atoms with Crippen molar-refractivity contribution in [1.29, 1.82) is 0 Å². The van der Waals surface area contributed by atoms with Crippen LogP contribution in [0.2, 0.25) is 0 Å². The maximum atomic E-state index is 12.5. The Hall–Kier alpha value is -2.90. The SMILES string of the molecule is CCN1CCC2(CCN(Cc3cccnc3)CC2)C1=O.O=C(O)C(F)(F)F.O=C(O)C(F)(F)F. The molecule has 0 aliphatic carbocycles. The number of carboxylic acid groups (broad SMARTS) is 2. The number of hydrogen-bond donors (Lipinski definition) is 2. The van der Waals surface area contributed by atoms with Gasteiger partial charge in [0.05, 0.1) is 5.41 Å². The van der Waals surface area contributed by atoms with E-state index in [1.165, 1.54) is 5.56 Å². The largest absolute Gasteiger partial charge is 0.490 e. The van der Waals surface area contributed by atoms with Crippen molar-refractivity contribution in [2.24, 2.45) is 5.41 Å². The molecule has 1 spiro atoms. The molecule has 1 aromatic rings. The maximum Gasteiger partial charge on any atom is 0.490 e. The van der Waals surface area contributed by atoms with Crippen molar-refractivity contribution in [3.63, 3.8) is 0 Å². The Kier molecular flexibility index (Phi) is 10.3. The second-order valence-electron chi connectivity index (χ2n) is 7.66. The highest BCUT2D eigenvalue weighted by molar-refractivity contribution is 5.85. The van der Waals surface area contributed by atoms with Crippen molar-refractivity contribution in [3.8, 4) is 0 Å². The average Bonchev–Trinajstić information content (AvgIpc) is 3.05. The number of halogens is 6. The molecule has 14 heteroatoms. The monoisotopic (exact) mass is 501 g/mol. The van der Waals surface area contributed by atoms with E-state index in [1.807, 2.05) is 23.4 Å². The molecule has 2 N–H and O–H groups in total. The Balaban J connectivity index is 0.000000343. The molecule has 1 amide bonds. The molecule has 2 fully saturated rings. The summed E-state index contributed by atoms with van der Waals surface area (Å²) in [6.07, 6.45) is -3.33. The third kappa shape index (κ3) is 8.80. The van der Waals surface area contributed by atoms with Gasteiger partial charge in [-0.1, -0.05) is 6.07 Å². The number of likely N-dealkylation sites (tertiary alicyclic amines) is 2. The molecular weight excluding hydrogens is 476 g/mol. The van der Waals surface area contributed by atoms with Crippen LogP contribution in [0.15, 0.2) is 24.5 Å². The lowest BCUT2D eigenvalue weighted by Crippen LogP contribution is -2.44. The van der Waals surface area contributed by atoms with Crippen LogP contribution in [-0.2, 0) is 20.9 Å². The standard InChI is InChI=1S/C16H23N3O.2C2HF3O2/c1-2-19-11-7-16(15(19)20)5-9-18(10-6-16)13-14-4-3-8-17-12-14;2*3-2(4,5)1(6)7/h3-4,8,12H,2,5-7,9-11,13H2,1H3;2*(H,6,7). The van der Waals surface area contributed by atoms with Gasteiger partial charge < -0.3 is 15.1 Å². The number of alkyl halides is 6. The Morgan fingerprint density at radius 2 is 1.47 bits per heavy atom. The van der Waals surface area contributed by atoms with E-state index in [0.717, 1.165) is 52.0 Å². The quantitative estimate of drug-likeness (QED) is 0.612. The van der Waals surface area contributed by atoms with Crippen molar-refractivity contribution in [3.05, 3.63) is 30.1 Å². The summed E-state index contributed by atoms with van der Waals surface area (Å²) in [6, 6.07) is 4.11. The summed E-state index contributed by atoms with van der Waals surface area (Å²) < 4.78 is 63.5. The zero-order valence-electron chi connectivity index (χ0n) is 18.2. The van der Waals surface area contributed by atoms with Gasteiger partial charge in [0, 0.05) is 32.0 Å². The summed E-state index contributed by atoms with van der Waals surface area (Å²) in [4.78, 5) is 38.9. The second kappa shape index (κ2) is 12.0. The second-order valence-corrected chi connectivity index (χ2v) is 7.66. The van der Waals surface area contributed by atoms with Gasteiger partial charge in [-0.05, 0) is 50.9 Å². The van der Waals surface area contributed by atoms with E-state index in [1.54, 1.807) is 0 Å². The fourth-order valence-corrected chi connectivity index (χ4v) is 3.55. The molecule has 0 saturated carbocycles. The van der Waals surface area contributed by atoms with Crippen molar-refractivity contribution in [2.45, 2.75) is 45.1 Å². The first kappa shape index (κ1) is 29.1. The summed E-state index contributed by atoms with van der Waals surface area (Å²) in [5.74, 6) is -5.11. The zero-order valence-corrected chi connectivity index (χ0v) is 18.2. The Bertz CT molecular complexity index is 800. The number of carboxylic acids is 2. The van der Waals surface area contributed by atoms with Gasteiger partial charge in [-0.15, -0.1) is 0 Å². The van der Waals surface area contributed by atoms with Gasteiger partial charge in [0.1, 0.15) is 0 Å². The first-order valence-corrected chi connectivity index (χ1v) is 10.1. The number of amides is 1. The van der Waals surface area contributed by atoms with Gasteiger partial charge in [0.15, 0.2) is 0 Å². The van der Waals surface area contributed by atoms with Crippen molar-refractivity contribution in [2.75, 3.05) is 26.2 Å². The topological polar surface area (TPSA) is 111 Å². The van der Waals surface area contributed by atoms with E-state index in [0.29, 0.717) is 5.91 Å². The molecule has 0 aromatic carbocycles. The van der Waals surface area contributed by atoms with E-state index in [2.05, 4.69) is 22.9 Å². The fourth-order valence-electron chi connectivity index (χ4n) is 3.55. The minimum atomic E-state index is -5.08. The van der Waals surface area contributed by atoms with Gasteiger partial charge in [-0.25, -0.2) is 9.59 Å². The number of carbonyl (C=O) groups excluding carboxylic acids is 1. The Morgan fingerprint density at radius 3 is 1.82 bits per heavy atom. The number of rotatable bonds is 3. The lowest BCUT2D eigenvalue weighted by Gasteiger charge is -2.37. The zero-order chi connectivity index (χ0) is 26.2. The maximum absolute atomic E-state index is 12.5. The average molecular weight is 501 g/mol. The van der Waals surface area contributed by atoms with Crippen LogP contribution in [0.4, 0.5) is 26.3 Å². The summed E-state index contributed by atoms with van der Waals surface area (Å²) in [7, 11) is 0. The number of pyridine rings is 1. The Morgan fingerprint density at radius 1 is 1.00 bits per heavy atom. The van der Waals surface area contributed by atoms with Crippen molar-refractivity contribution >= 4 is 17.8 Å². The van der Waals surface area contributed by atoms with Gasteiger partial charge in [0.2, 0.25) is 5.91 Å². The molecule has 0 unspecified atom stereocenters. The summed E-state index contributed by atoms with van der Waals surface area (Å²) in [5.41, 5.74) is 1.22. The molecule has 192 valence electrons. The highest BCUT2D eigenvalue weighted by Crippen LogP contribution is 2.41. The van der Waals surface area contributed by atoms with E-state index < -0.39 is 24.3 Å². The lowest BCUT2D eigenvalue weighted by atomic mass is 9.77. The smallest absolute Gasteiger partial charge is 0.475 e. The van der Waals surface area contributed by atoms with Crippen LogP contribution in [0, 0.1) is 5.41 Å². The predicted octanol–water partition coefficient (Wildman–Crippen LogP) is 3.18. The first-order valence-electron chi connectivity index (χ1n) is 10.1. The first-order chi connectivity index (χ1) is 15.6. The number of nitrogens with zero attached hydrogens (tertiary/aromatic N) is 3. The van der Waals surface area contributed by atoms with E-state index >= 15 is 0 Å². The molecule has 2 saturated heterocycles. The normalized spacial score (nSPS) is 18.0. The highest BCUT2D eigenvalue weighted by atomic mass is 19.4. The van der Waals surface area contributed by atoms with Gasteiger partial charge >= 0.3 is 24.3 Å². The summed E-state index contributed by atoms with van der Waals surface area (Å²) in [6.45, 7) is 6.90. The third-order valence-electron chi connectivity index (χ3n) is 5.41. The minimum absolute atomic E-state index is 0.0402. The van der Waals surface area contributed by atoms with Crippen molar-refractivity contribution < 1.29 is 50.9 Å². The molecule has 3 rings (SSSR count). The lowest BCUT2D eigenvalue weighted by molar-refractivity contribution is -0.193. The van der Waals surface area contributed by atoms with Gasteiger partial charge in [0.25, 0.3) is 0 Å². The third-order valence-corrected chi connectivity index (χ3v) is 5.41. The van der Waals surface area contributed by atoms with Gasteiger partial charge in [-0.3, -0.25) is 14.7 Å². The molecule has 1 aromatic heterocycles. The number of piperidine rings is 1. The summed E-state index contributed by atoms with van der Waals surface area (Å²) >= 11 is 0. The Labute approximate surface area is 191 Å². The van der Waals surface area contributed by atoms with Crippen LogP contribution in [-0.4, -0.2) is 81.4 Å². The van der Waals surface area contributed by atoms with Crippen LogP contribution >= 0.6 is 0 Å². The minimum Gasteiger partial charge on any atom is -0.475 e. The fraction of sp³-hybridized carbons (Fsp3) is 0.600. The number of aromatic nitrogens is 1. The molecule has 0 bridgehead atoms. The van der Waals surface area contributed by atoms with Crippen LogP contribution in [0.25, 0.3) is 0 Å². The molecule has 3 heterocycles. The van der Waals surface area contributed by atoms with E-state index in [9.17, 15) is 31.1 Å². The van der Waals surface area contributed by atoms with Gasteiger partial charge in [-0.2, -0.15) is 26.3 Å². The van der Waals surface area contributed by atoms with Crippen molar-refractivity contribution in [1.82, 2.24) is 14.8 Å². The predicted molar refractivity (Wildman–Crippen MR) is 105 cm³/mol. The molecule has 34 heavy (non-hydrogen) atoms. The number of aliphatic carboxylic acids is 2. The molecule has 8 nitrogen and oxygen atoms in total. The molecule has 2 aliphatic rings. The van der Waals surface area contributed by atoms with E-state index in [-0.39, 0.29) is 5.41 Å². The molecule has 0 radical (unpaired) electrons. The van der Waals surface area contributed by atoms with Crippen LogP contribution in [0.5, 0.6) is 0 Å². The molecule has 2 aliphatic heterocycles. The van der Waals surface area contributed by atoms with Crippen LogP contribution in [0.1, 0.15) is 31.7 Å². The highest BCUT2D eigenvalue weighted by Gasteiger charge is 2.47. The number of carbonyl (C=O) groups is 3.